The van der Waals surface area contributed by atoms with Gasteiger partial charge in [-0.3, -0.25) is 0 Å². The second-order valence-electron chi connectivity index (χ2n) is 6.86. The number of fused-ring (bicyclic) bond motifs is 3. The van der Waals surface area contributed by atoms with Crippen LogP contribution in [-0.2, 0) is 6.42 Å². The third-order valence-electron chi connectivity index (χ3n) is 5.77. The van der Waals surface area contributed by atoms with Gasteiger partial charge < -0.3 is 9.84 Å². The molecule has 2 fully saturated rings. The maximum absolute atomic E-state index is 9.96. The summed E-state index contributed by atoms with van der Waals surface area (Å²) in [5, 5.41) is 9.96. The Morgan fingerprint density at radius 3 is 2.84 bits per heavy atom. The van der Waals surface area contributed by atoms with Gasteiger partial charge in [0.15, 0.2) is 0 Å². The molecule has 2 saturated carbocycles. The first-order chi connectivity index (χ1) is 9.29. The normalized spacial score (nSPS) is 39.3. The summed E-state index contributed by atoms with van der Waals surface area (Å²) in [7, 11) is 0. The molecule has 3 aliphatic rings. The summed E-state index contributed by atoms with van der Waals surface area (Å²) in [4.78, 5) is 0. The fraction of sp³-hybridized carbons (Fsp3) is 0.647. The Morgan fingerprint density at radius 2 is 2.16 bits per heavy atom. The van der Waals surface area contributed by atoms with Crippen LogP contribution in [0.15, 0.2) is 24.3 Å². The highest BCUT2D eigenvalue weighted by atomic mass is 16.5. The van der Waals surface area contributed by atoms with Crippen molar-refractivity contribution in [3.8, 4) is 5.75 Å². The monoisotopic (exact) mass is 258 g/mol. The molecule has 0 saturated heterocycles. The van der Waals surface area contributed by atoms with Crippen molar-refractivity contribution >= 4 is 0 Å². The summed E-state index contributed by atoms with van der Waals surface area (Å²) in [5.74, 6) is 2.68. The van der Waals surface area contributed by atoms with Gasteiger partial charge in [-0.2, -0.15) is 0 Å². The van der Waals surface area contributed by atoms with E-state index in [1.165, 1.54) is 31.2 Å². The van der Waals surface area contributed by atoms with Gasteiger partial charge in [-0.15, -0.1) is 0 Å². The standard InChI is InChI=1S/C17H22O2/c18-11-17(9-12-5-6-14(17)7-12)10-15-8-13-3-1-2-4-16(13)19-15/h1-4,12,14-15,18H,5-11H2. The zero-order valence-corrected chi connectivity index (χ0v) is 11.3. The van der Waals surface area contributed by atoms with Gasteiger partial charge in [-0.1, -0.05) is 24.6 Å². The summed E-state index contributed by atoms with van der Waals surface area (Å²) < 4.78 is 6.09. The van der Waals surface area contributed by atoms with Gasteiger partial charge in [-0.25, -0.2) is 0 Å². The number of ether oxygens (including phenoxy) is 1. The van der Waals surface area contributed by atoms with Gasteiger partial charge in [0.25, 0.3) is 0 Å². The molecule has 2 nitrogen and oxygen atoms in total. The number of hydrogen-bond acceptors (Lipinski definition) is 2. The van der Waals surface area contributed by atoms with Gasteiger partial charge in [0, 0.05) is 18.4 Å². The zero-order valence-electron chi connectivity index (χ0n) is 11.3. The molecule has 0 spiro atoms. The molecule has 1 aliphatic heterocycles. The van der Waals surface area contributed by atoms with E-state index in [0.717, 1.165) is 30.4 Å². The molecule has 102 valence electrons. The highest BCUT2D eigenvalue weighted by molar-refractivity contribution is 5.37. The molecule has 4 unspecified atom stereocenters. The van der Waals surface area contributed by atoms with Gasteiger partial charge in [0.2, 0.25) is 0 Å². The predicted octanol–water partition coefficient (Wildman–Crippen LogP) is 3.18. The van der Waals surface area contributed by atoms with Crippen LogP contribution in [0.25, 0.3) is 0 Å². The van der Waals surface area contributed by atoms with Crippen molar-refractivity contribution in [1.82, 2.24) is 0 Å². The van der Waals surface area contributed by atoms with Crippen LogP contribution in [0.4, 0.5) is 0 Å². The van der Waals surface area contributed by atoms with Crippen LogP contribution in [0.2, 0.25) is 0 Å². The third kappa shape index (κ3) is 1.80. The third-order valence-corrected chi connectivity index (χ3v) is 5.77. The molecule has 19 heavy (non-hydrogen) atoms. The minimum absolute atomic E-state index is 0.162. The van der Waals surface area contributed by atoms with Crippen LogP contribution in [0.5, 0.6) is 5.75 Å². The van der Waals surface area contributed by atoms with Crippen molar-refractivity contribution in [2.45, 2.75) is 44.6 Å². The maximum atomic E-state index is 9.96. The van der Waals surface area contributed by atoms with Crippen molar-refractivity contribution in [1.29, 1.82) is 0 Å². The average Bonchev–Trinajstić information content (AvgIpc) is 3.11. The number of para-hydroxylation sites is 1. The largest absolute Gasteiger partial charge is 0.490 e. The van der Waals surface area contributed by atoms with Crippen molar-refractivity contribution in [2.75, 3.05) is 6.61 Å². The van der Waals surface area contributed by atoms with Gasteiger partial charge in [-0.05, 0) is 49.1 Å². The fourth-order valence-electron chi connectivity index (χ4n) is 4.89. The van der Waals surface area contributed by atoms with E-state index >= 15 is 0 Å². The van der Waals surface area contributed by atoms with E-state index in [1.54, 1.807) is 0 Å². The number of aliphatic hydroxyl groups is 1. The minimum Gasteiger partial charge on any atom is -0.490 e. The van der Waals surface area contributed by atoms with Crippen LogP contribution < -0.4 is 4.74 Å². The molecule has 0 amide bonds. The topological polar surface area (TPSA) is 29.5 Å². The number of benzene rings is 1. The van der Waals surface area contributed by atoms with E-state index < -0.39 is 0 Å². The summed E-state index contributed by atoms with van der Waals surface area (Å²) >= 11 is 0. The van der Waals surface area contributed by atoms with Crippen LogP contribution in [0.3, 0.4) is 0 Å². The minimum atomic E-state index is 0.162. The van der Waals surface area contributed by atoms with Crippen molar-refractivity contribution in [3.63, 3.8) is 0 Å². The molecule has 0 radical (unpaired) electrons. The van der Waals surface area contributed by atoms with Crippen molar-refractivity contribution in [2.24, 2.45) is 17.3 Å². The quantitative estimate of drug-likeness (QED) is 0.902. The highest BCUT2D eigenvalue weighted by Crippen LogP contribution is 2.58. The molecule has 1 heterocycles. The molecule has 0 aromatic heterocycles. The van der Waals surface area contributed by atoms with Crippen LogP contribution >= 0.6 is 0 Å². The Hall–Kier alpha value is -1.02. The highest BCUT2D eigenvalue weighted by Gasteiger charge is 2.51. The maximum Gasteiger partial charge on any atom is 0.123 e. The first-order valence-electron chi connectivity index (χ1n) is 7.64. The van der Waals surface area contributed by atoms with Crippen molar-refractivity contribution in [3.05, 3.63) is 29.8 Å². The van der Waals surface area contributed by atoms with Crippen LogP contribution in [0.1, 0.15) is 37.7 Å². The molecule has 2 heteroatoms. The summed E-state index contributed by atoms with van der Waals surface area (Å²) in [5.41, 5.74) is 1.50. The first kappa shape index (κ1) is 11.8. The molecular weight excluding hydrogens is 236 g/mol. The van der Waals surface area contributed by atoms with E-state index in [1.807, 2.05) is 6.07 Å². The number of aliphatic hydroxyl groups excluding tert-OH is 1. The lowest BCUT2D eigenvalue weighted by molar-refractivity contribution is 0.0225. The van der Waals surface area contributed by atoms with E-state index in [4.69, 9.17) is 4.74 Å². The number of rotatable bonds is 3. The molecular formula is C17H22O2. The zero-order chi connectivity index (χ0) is 12.9. The van der Waals surface area contributed by atoms with E-state index in [0.29, 0.717) is 6.61 Å². The second-order valence-corrected chi connectivity index (χ2v) is 6.86. The molecule has 2 aliphatic carbocycles. The molecule has 2 bridgehead atoms. The Bertz CT molecular complexity index is 459. The van der Waals surface area contributed by atoms with E-state index in [2.05, 4.69) is 18.2 Å². The second kappa shape index (κ2) is 4.24. The summed E-state index contributed by atoms with van der Waals surface area (Å²) in [6.07, 6.45) is 7.63. The van der Waals surface area contributed by atoms with Gasteiger partial charge in [0.05, 0.1) is 0 Å². The Morgan fingerprint density at radius 1 is 1.26 bits per heavy atom. The smallest absolute Gasteiger partial charge is 0.123 e. The average molecular weight is 258 g/mol. The predicted molar refractivity (Wildman–Crippen MR) is 74.1 cm³/mol. The first-order valence-corrected chi connectivity index (χ1v) is 7.64. The molecule has 1 aromatic rings. The van der Waals surface area contributed by atoms with Crippen LogP contribution in [-0.4, -0.2) is 17.8 Å². The fourth-order valence-corrected chi connectivity index (χ4v) is 4.89. The lowest BCUT2D eigenvalue weighted by Gasteiger charge is -2.37. The molecule has 4 rings (SSSR count). The lowest BCUT2D eigenvalue weighted by atomic mass is 9.70. The van der Waals surface area contributed by atoms with E-state index in [-0.39, 0.29) is 11.5 Å². The van der Waals surface area contributed by atoms with Gasteiger partial charge in [0.1, 0.15) is 11.9 Å². The van der Waals surface area contributed by atoms with E-state index in [9.17, 15) is 5.11 Å². The number of hydrogen-bond donors (Lipinski definition) is 1. The molecule has 4 atom stereocenters. The Balaban J connectivity index is 1.51. The van der Waals surface area contributed by atoms with Crippen LogP contribution in [0, 0.1) is 17.3 Å². The molecule has 1 N–H and O–H groups in total. The van der Waals surface area contributed by atoms with Crippen molar-refractivity contribution < 1.29 is 9.84 Å². The Kier molecular flexibility index (Phi) is 2.63. The van der Waals surface area contributed by atoms with Gasteiger partial charge >= 0.3 is 0 Å². The Labute approximate surface area is 114 Å². The SMILES string of the molecule is OCC1(CC2Cc3ccccc3O2)CC2CCC1C2. The summed E-state index contributed by atoms with van der Waals surface area (Å²) in [6, 6.07) is 8.37. The summed E-state index contributed by atoms with van der Waals surface area (Å²) in [6.45, 7) is 0.352. The molecule has 1 aromatic carbocycles. The lowest BCUT2D eigenvalue weighted by Crippen LogP contribution is -2.36.